The molecular weight excluding hydrogens is 693 g/mol. The van der Waals surface area contributed by atoms with Crippen molar-refractivity contribution in [2.45, 2.75) is 88.6 Å². The van der Waals surface area contributed by atoms with Gasteiger partial charge in [-0.1, -0.05) is 43.2 Å². The maximum Gasteiger partial charge on any atom is 0.330 e. The summed E-state index contributed by atoms with van der Waals surface area (Å²) < 4.78 is 12.3. The van der Waals surface area contributed by atoms with E-state index in [9.17, 15) is 19.5 Å². The summed E-state index contributed by atoms with van der Waals surface area (Å²) in [6, 6.07) is 15.7. The summed E-state index contributed by atoms with van der Waals surface area (Å²) >= 11 is 1.49. The Morgan fingerprint density at radius 3 is 2.68 bits per heavy atom. The second-order valence-electron chi connectivity index (χ2n) is 14.4. The Hall–Kier alpha value is -5.17. The zero-order valence-corrected chi connectivity index (χ0v) is 31.0. The number of hydrogen-bond donors (Lipinski definition) is 4. The smallest absolute Gasteiger partial charge is 0.330 e. The molecule has 4 aromatic rings. The minimum Gasteiger partial charge on any atom is -0.497 e. The standard InChI is InChI=1S/C40H46N6O6S/c1-24(2)41-39-44-33(23-53-39)32-20-35(29-17-16-27(51-3)18-31(29)43-32)52-28-19-34-36(47)45-40(38(49)50)21-25(40)12-8-5-4-6-11-15-30(37(48)46(34)22-28)42-26-13-9-7-10-14-26/h7-10,12-14,16-18,20,23-25,28,30,34,42H,4-6,11,15,19,21-22H2,1-3H3,(H,41,44)(H,45,47)(H,49,50)/b12-8-/t25-,28-,30+,34+,40-/m1/s1. The molecule has 53 heavy (non-hydrogen) atoms. The summed E-state index contributed by atoms with van der Waals surface area (Å²) in [7, 11) is 1.60. The normalized spacial score (nSPS) is 25.4. The number of amides is 2. The van der Waals surface area contributed by atoms with Gasteiger partial charge in [-0.05, 0) is 63.8 Å². The van der Waals surface area contributed by atoms with Crippen molar-refractivity contribution in [3.8, 4) is 22.9 Å². The first-order chi connectivity index (χ1) is 25.6. The first-order valence-electron chi connectivity index (χ1n) is 18.4. The van der Waals surface area contributed by atoms with Gasteiger partial charge in [-0.3, -0.25) is 9.59 Å². The number of allylic oxidation sites excluding steroid dienone is 1. The number of aliphatic carboxylic acids is 1. The van der Waals surface area contributed by atoms with Gasteiger partial charge in [0, 0.05) is 47.0 Å². The fourth-order valence-corrected chi connectivity index (χ4v) is 8.15. The van der Waals surface area contributed by atoms with Crippen molar-refractivity contribution in [3.63, 3.8) is 0 Å². The third kappa shape index (κ3) is 7.95. The predicted octanol–water partition coefficient (Wildman–Crippen LogP) is 6.50. The first kappa shape index (κ1) is 36.2. The van der Waals surface area contributed by atoms with Crippen molar-refractivity contribution in [2.75, 3.05) is 24.3 Å². The van der Waals surface area contributed by atoms with Gasteiger partial charge in [-0.15, -0.1) is 11.3 Å². The van der Waals surface area contributed by atoms with E-state index in [0.717, 1.165) is 41.9 Å². The molecule has 1 saturated carbocycles. The fourth-order valence-electron chi connectivity index (χ4n) is 7.30. The number of aromatic nitrogens is 2. The van der Waals surface area contributed by atoms with Gasteiger partial charge >= 0.3 is 5.97 Å². The van der Waals surface area contributed by atoms with Gasteiger partial charge in [-0.25, -0.2) is 14.8 Å². The first-order valence-corrected chi connectivity index (χ1v) is 19.2. The number of fused-ring (bicyclic) bond motifs is 3. The number of para-hydroxylation sites is 1. The molecule has 1 saturated heterocycles. The van der Waals surface area contributed by atoms with Crippen LogP contribution in [0, 0.1) is 5.92 Å². The second-order valence-corrected chi connectivity index (χ2v) is 15.3. The summed E-state index contributed by atoms with van der Waals surface area (Å²) in [5, 5.41) is 23.4. The summed E-state index contributed by atoms with van der Waals surface area (Å²) in [5.41, 5.74) is 1.36. The van der Waals surface area contributed by atoms with Crippen LogP contribution in [0.2, 0.25) is 0 Å². The van der Waals surface area contributed by atoms with Crippen LogP contribution in [0.3, 0.4) is 0 Å². The molecule has 13 heteroatoms. The van der Waals surface area contributed by atoms with E-state index in [1.165, 1.54) is 11.3 Å². The van der Waals surface area contributed by atoms with Crippen LogP contribution in [0.5, 0.6) is 11.5 Å². The topological polar surface area (TPSA) is 155 Å². The number of benzene rings is 2. The van der Waals surface area contributed by atoms with E-state index >= 15 is 0 Å². The van der Waals surface area contributed by atoms with Crippen LogP contribution in [-0.4, -0.2) is 81.2 Å². The Morgan fingerprint density at radius 1 is 1.08 bits per heavy atom. The van der Waals surface area contributed by atoms with Crippen LogP contribution in [0.15, 0.2) is 72.1 Å². The van der Waals surface area contributed by atoms with E-state index in [1.807, 2.05) is 72.1 Å². The lowest BCUT2D eigenvalue weighted by atomic mass is 10.0. The van der Waals surface area contributed by atoms with E-state index in [0.29, 0.717) is 41.2 Å². The molecular formula is C40H46N6O6S. The Bertz CT molecular complexity index is 2000. The quantitative estimate of drug-likeness (QED) is 0.140. The van der Waals surface area contributed by atoms with E-state index in [4.69, 9.17) is 19.4 Å². The lowest BCUT2D eigenvalue weighted by Gasteiger charge is -2.30. The molecule has 4 N–H and O–H groups in total. The van der Waals surface area contributed by atoms with Crippen LogP contribution in [-0.2, 0) is 14.4 Å². The Kier molecular flexibility index (Phi) is 10.5. The number of anilines is 2. The third-order valence-electron chi connectivity index (χ3n) is 10.2. The molecule has 1 aliphatic carbocycles. The molecule has 278 valence electrons. The molecule has 7 rings (SSSR count). The number of hydrogen-bond acceptors (Lipinski definition) is 10. The van der Waals surface area contributed by atoms with Gasteiger partial charge in [0.15, 0.2) is 5.13 Å². The number of carbonyl (C=O) groups excluding carboxylic acids is 2. The molecule has 2 aromatic carbocycles. The number of ether oxygens (including phenoxy) is 2. The van der Waals surface area contributed by atoms with Gasteiger partial charge in [0.25, 0.3) is 0 Å². The lowest BCUT2D eigenvalue weighted by Crippen LogP contribution is -2.55. The van der Waals surface area contributed by atoms with Gasteiger partial charge in [0.1, 0.15) is 40.9 Å². The maximum absolute atomic E-state index is 14.6. The van der Waals surface area contributed by atoms with Crippen molar-refractivity contribution in [1.29, 1.82) is 0 Å². The Morgan fingerprint density at radius 2 is 1.91 bits per heavy atom. The van der Waals surface area contributed by atoms with Crippen molar-refractivity contribution < 1.29 is 29.0 Å². The molecule has 2 amide bonds. The number of methoxy groups -OCH3 is 1. The lowest BCUT2D eigenvalue weighted by molar-refractivity contribution is -0.145. The number of thiazole rings is 1. The van der Waals surface area contributed by atoms with Gasteiger partial charge in [0.05, 0.1) is 24.9 Å². The van der Waals surface area contributed by atoms with Gasteiger partial charge < -0.3 is 35.4 Å². The van der Waals surface area contributed by atoms with Crippen LogP contribution >= 0.6 is 11.3 Å². The molecule has 2 fully saturated rings. The number of nitrogens with one attached hydrogen (secondary N) is 3. The molecule has 4 heterocycles. The minimum absolute atomic E-state index is 0.141. The highest BCUT2D eigenvalue weighted by Crippen LogP contribution is 2.45. The summed E-state index contributed by atoms with van der Waals surface area (Å²) in [6.45, 7) is 4.24. The highest BCUT2D eigenvalue weighted by molar-refractivity contribution is 7.14. The monoisotopic (exact) mass is 738 g/mol. The molecule has 0 bridgehead atoms. The minimum atomic E-state index is -1.39. The number of pyridine rings is 1. The number of carboxylic acids is 1. The Balaban J connectivity index is 1.22. The highest BCUT2D eigenvalue weighted by Gasteiger charge is 2.61. The highest BCUT2D eigenvalue weighted by atomic mass is 32.1. The van der Waals surface area contributed by atoms with E-state index in [2.05, 4.69) is 29.8 Å². The van der Waals surface area contributed by atoms with Crippen molar-refractivity contribution >= 4 is 50.8 Å². The van der Waals surface area contributed by atoms with E-state index in [-0.39, 0.29) is 30.8 Å². The van der Waals surface area contributed by atoms with Gasteiger partial charge in [-0.2, -0.15) is 0 Å². The molecule has 12 nitrogen and oxygen atoms in total. The van der Waals surface area contributed by atoms with E-state index < -0.39 is 35.6 Å². The molecule has 2 aromatic heterocycles. The Labute approximate surface area is 313 Å². The second kappa shape index (κ2) is 15.4. The average Bonchev–Trinajstić information content (AvgIpc) is 3.42. The van der Waals surface area contributed by atoms with Crippen LogP contribution in [0.25, 0.3) is 22.3 Å². The number of rotatable bonds is 9. The van der Waals surface area contributed by atoms with Crippen LogP contribution in [0.4, 0.5) is 10.8 Å². The van der Waals surface area contributed by atoms with Crippen molar-refractivity contribution in [2.24, 2.45) is 5.92 Å². The predicted molar refractivity (Wildman–Crippen MR) is 205 cm³/mol. The van der Waals surface area contributed by atoms with Crippen molar-refractivity contribution in [1.82, 2.24) is 20.2 Å². The molecule has 2 aliphatic heterocycles. The number of carbonyl (C=O) groups is 3. The van der Waals surface area contributed by atoms with Gasteiger partial charge in [0.2, 0.25) is 11.8 Å². The zero-order valence-electron chi connectivity index (χ0n) is 30.2. The van der Waals surface area contributed by atoms with E-state index in [1.54, 1.807) is 12.0 Å². The molecule has 3 aliphatic rings. The molecule has 5 atom stereocenters. The van der Waals surface area contributed by atoms with Crippen LogP contribution < -0.4 is 25.4 Å². The number of nitrogens with zero attached hydrogens (tertiary/aromatic N) is 3. The summed E-state index contributed by atoms with van der Waals surface area (Å²) in [6.07, 6.45) is 7.91. The SMILES string of the molecule is COc1ccc2c(O[C@@H]3C[C@H]4C(=O)N[C@]5(C(=O)O)C[C@H]5/C=C\CCCCC[C@H](Nc5ccccc5)C(=O)N4C3)cc(-c3csc(NC(C)C)n3)nc2c1. The summed E-state index contributed by atoms with van der Waals surface area (Å²) in [4.78, 5) is 52.6. The molecule has 0 spiro atoms. The van der Waals surface area contributed by atoms with Crippen molar-refractivity contribution in [3.05, 3.63) is 72.1 Å². The summed E-state index contributed by atoms with van der Waals surface area (Å²) in [5.74, 6) is -0.916. The van der Waals surface area contributed by atoms with Crippen LogP contribution in [0.1, 0.15) is 58.8 Å². The fraction of sp³-hybridized carbons (Fsp3) is 0.425. The maximum atomic E-state index is 14.6. The third-order valence-corrected chi connectivity index (χ3v) is 11.0. The average molecular weight is 739 g/mol. The largest absolute Gasteiger partial charge is 0.497 e. The molecule has 0 radical (unpaired) electrons. The zero-order chi connectivity index (χ0) is 37.1. The molecule has 0 unspecified atom stereocenters. The number of carboxylic acid groups (broad SMARTS) is 1.